The molecule has 0 saturated heterocycles. The van der Waals surface area contributed by atoms with Gasteiger partial charge in [0.1, 0.15) is 18.1 Å². The van der Waals surface area contributed by atoms with Gasteiger partial charge >= 0.3 is 0 Å². The molecule has 0 fully saturated rings. The van der Waals surface area contributed by atoms with Gasteiger partial charge in [-0.2, -0.15) is 9.50 Å². The normalized spacial score (nSPS) is 11.7. The molecular weight excluding hydrogens is 398 g/mol. The molecule has 4 rings (SSSR count). The van der Waals surface area contributed by atoms with E-state index in [0.29, 0.717) is 28.5 Å². The first-order chi connectivity index (χ1) is 14.7. The number of nitrogens with zero attached hydrogens (tertiary/aromatic N) is 3. The van der Waals surface area contributed by atoms with Gasteiger partial charge < -0.3 is 9.47 Å². The first kappa shape index (κ1) is 19.8. The van der Waals surface area contributed by atoms with E-state index < -0.39 is 0 Å². The number of hydrogen-bond acceptors (Lipinski definition) is 6. The Morgan fingerprint density at radius 2 is 1.77 bits per heavy atom. The molecule has 2 aromatic heterocycles. The molecule has 0 atom stereocenters. The van der Waals surface area contributed by atoms with Gasteiger partial charge in [0.05, 0.1) is 11.1 Å². The first-order valence-electron chi connectivity index (χ1n) is 9.66. The molecular formula is C23H21N3O3S. The molecule has 0 bridgehead atoms. The quantitative estimate of drug-likeness (QED) is 0.407. The fourth-order valence-electron chi connectivity index (χ4n) is 2.84. The summed E-state index contributed by atoms with van der Waals surface area (Å²) < 4.78 is 13.0. The van der Waals surface area contributed by atoms with Crippen LogP contribution in [-0.2, 0) is 0 Å². The maximum Gasteiger partial charge on any atom is 0.291 e. The van der Waals surface area contributed by atoms with Crippen LogP contribution in [-0.4, -0.2) is 27.8 Å². The zero-order valence-electron chi connectivity index (χ0n) is 16.6. The van der Waals surface area contributed by atoms with Crippen molar-refractivity contribution in [2.24, 2.45) is 0 Å². The van der Waals surface area contributed by atoms with Crippen molar-refractivity contribution in [2.45, 2.75) is 13.3 Å². The van der Waals surface area contributed by atoms with Crippen LogP contribution in [0.1, 0.15) is 18.9 Å². The standard InChI is InChI=1S/C23H21N3O3S/c1-3-13-28-18-9-5-16(6-10-18)15-20-22(27)26-23(30-20)24-21(25-26)17-7-11-19(12-8-17)29-14-4-2/h3,5-12,15H,1,4,13-14H2,2H3/b20-15-. The summed E-state index contributed by atoms with van der Waals surface area (Å²) in [5.41, 5.74) is 1.57. The first-order valence-corrected chi connectivity index (χ1v) is 10.5. The van der Waals surface area contributed by atoms with Crippen molar-refractivity contribution in [3.8, 4) is 22.9 Å². The molecule has 30 heavy (non-hydrogen) atoms. The van der Waals surface area contributed by atoms with Gasteiger partial charge in [0.25, 0.3) is 5.56 Å². The van der Waals surface area contributed by atoms with E-state index in [1.165, 1.54) is 15.9 Å². The van der Waals surface area contributed by atoms with Crippen LogP contribution < -0.4 is 19.6 Å². The molecule has 0 unspecified atom stereocenters. The van der Waals surface area contributed by atoms with Crippen molar-refractivity contribution in [3.05, 3.63) is 81.6 Å². The summed E-state index contributed by atoms with van der Waals surface area (Å²) in [7, 11) is 0. The van der Waals surface area contributed by atoms with Gasteiger partial charge in [0.2, 0.25) is 4.96 Å². The van der Waals surface area contributed by atoms with Crippen molar-refractivity contribution in [1.82, 2.24) is 14.6 Å². The Labute approximate surface area is 177 Å². The summed E-state index contributed by atoms with van der Waals surface area (Å²) >= 11 is 1.32. The molecule has 6 nitrogen and oxygen atoms in total. The highest BCUT2D eigenvalue weighted by atomic mass is 32.1. The van der Waals surface area contributed by atoms with E-state index in [0.717, 1.165) is 29.0 Å². The van der Waals surface area contributed by atoms with Gasteiger partial charge in [0.15, 0.2) is 5.82 Å². The molecule has 2 heterocycles. The van der Waals surface area contributed by atoms with Crippen molar-refractivity contribution in [3.63, 3.8) is 0 Å². The molecule has 7 heteroatoms. The van der Waals surface area contributed by atoms with Crippen LogP contribution in [0.2, 0.25) is 0 Å². The molecule has 0 aliphatic carbocycles. The minimum Gasteiger partial charge on any atom is -0.494 e. The third kappa shape index (κ3) is 4.26. The monoisotopic (exact) mass is 419 g/mol. The molecule has 0 radical (unpaired) electrons. The van der Waals surface area contributed by atoms with Crippen molar-refractivity contribution < 1.29 is 9.47 Å². The summed E-state index contributed by atoms with van der Waals surface area (Å²) in [5.74, 6) is 2.09. The molecule has 152 valence electrons. The molecule has 0 N–H and O–H groups in total. The van der Waals surface area contributed by atoms with E-state index in [9.17, 15) is 4.79 Å². The van der Waals surface area contributed by atoms with E-state index in [1.54, 1.807) is 6.08 Å². The molecule has 4 aromatic rings. The predicted molar refractivity (Wildman–Crippen MR) is 119 cm³/mol. The van der Waals surface area contributed by atoms with Crippen LogP contribution in [0.3, 0.4) is 0 Å². The highest BCUT2D eigenvalue weighted by Gasteiger charge is 2.12. The van der Waals surface area contributed by atoms with Crippen LogP contribution >= 0.6 is 11.3 Å². The second-order valence-corrected chi connectivity index (χ2v) is 7.60. The zero-order chi connectivity index (χ0) is 20.9. The Kier molecular flexibility index (Phi) is 5.90. The number of ether oxygens (including phenoxy) is 2. The molecule has 0 aliphatic rings. The molecule has 0 spiro atoms. The van der Waals surface area contributed by atoms with Gasteiger partial charge in [-0.15, -0.1) is 5.10 Å². The highest BCUT2D eigenvalue weighted by Crippen LogP contribution is 2.20. The van der Waals surface area contributed by atoms with E-state index >= 15 is 0 Å². The van der Waals surface area contributed by atoms with Crippen LogP contribution in [0.5, 0.6) is 11.5 Å². The minimum absolute atomic E-state index is 0.177. The average molecular weight is 420 g/mol. The largest absolute Gasteiger partial charge is 0.494 e. The topological polar surface area (TPSA) is 65.7 Å². The zero-order valence-corrected chi connectivity index (χ0v) is 17.4. The maximum absolute atomic E-state index is 12.7. The number of rotatable bonds is 8. The Hall–Kier alpha value is -3.45. The van der Waals surface area contributed by atoms with Gasteiger partial charge in [-0.3, -0.25) is 4.79 Å². The number of benzene rings is 2. The highest BCUT2D eigenvalue weighted by molar-refractivity contribution is 7.15. The minimum atomic E-state index is -0.177. The van der Waals surface area contributed by atoms with Crippen LogP contribution in [0, 0.1) is 0 Å². The second kappa shape index (κ2) is 8.92. The lowest BCUT2D eigenvalue weighted by atomic mass is 10.2. The smallest absolute Gasteiger partial charge is 0.291 e. The number of hydrogen-bond donors (Lipinski definition) is 0. The lowest BCUT2D eigenvalue weighted by Gasteiger charge is -2.04. The number of fused-ring (bicyclic) bond motifs is 1. The Bertz CT molecular complexity index is 1260. The predicted octanol–water partition coefficient (Wildman–Crippen LogP) is 3.72. The van der Waals surface area contributed by atoms with Gasteiger partial charge in [-0.1, -0.05) is 43.0 Å². The summed E-state index contributed by atoms with van der Waals surface area (Å²) in [6, 6.07) is 15.1. The summed E-state index contributed by atoms with van der Waals surface area (Å²) in [6.07, 6.45) is 4.49. The van der Waals surface area contributed by atoms with Crippen LogP contribution in [0.15, 0.2) is 66.0 Å². The third-order valence-electron chi connectivity index (χ3n) is 4.31. The fourth-order valence-corrected chi connectivity index (χ4v) is 3.75. The maximum atomic E-state index is 12.7. The fraction of sp³-hybridized carbons (Fsp3) is 0.174. The summed E-state index contributed by atoms with van der Waals surface area (Å²) in [6.45, 7) is 6.83. The Morgan fingerprint density at radius 3 is 2.43 bits per heavy atom. The Morgan fingerprint density at radius 1 is 1.07 bits per heavy atom. The lowest BCUT2D eigenvalue weighted by Crippen LogP contribution is -2.23. The van der Waals surface area contributed by atoms with E-state index in [-0.39, 0.29) is 5.56 Å². The van der Waals surface area contributed by atoms with E-state index in [1.807, 2.05) is 54.6 Å². The van der Waals surface area contributed by atoms with Gasteiger partial charge in [0, 0.05) is 5.56 Å². The van der Waals surface area contributed by atoms with Crippen molar-refractivity contribution in [1.29, 1.82) is 0 Å². The van der Waals surface area contributed by atoms with Crippen LogP contribution in [0.4, 0.5) is 0 Å². The second-order valence-electron chi connectivity index (χ2n) is 6.59. The summed E-state index contributed by atoms with van der Waals surface area (Å²) in [5, 5.41) is 4.40. The molecule has 0 aliphatic heterocycles. The van der Waals surface area contributed by atoms with Gasteiger partial charge in [-0.25, -0.2) is 0 Å². The Balaban J connectivity index is 1.58. The SMILES string of the molecule is C=CCOc1ccc(/C=c2\sc3nc(-c4ccc(OCCC)cc4)nn3c2=O)cc1. The third-order valence-corrected chi connectivity index (χ3v) is 5.27. The number of aromatic nitrogens is 3. The number of thiazole rings is 1. The van der Waals surface area contributed by atoms with Crippen LogP contribution in [0.25, 0.3) is 22.4 Å². The lowest BCUT2D eigenvalue weighted by molar-refractivity contribution is 0.317. The average Bonchev–Trinajstić information content (AvgIpc) is 3.31. The summed E-state index contributed by atoms with van der Waals surface area (Å²) in [4.78, 5) is 17.8. The molecule has 2 aromatic carbocycles. The van der Waals surface area contributed by atoms with Gasteiger partial charge in [-0.05, 0) is 54.5 Å². The van der Waals surface area contributed by atoms with E-state index in [2.05, 4.69) is 23.6 Å². The molecule has 0 saturated carbocycles. The van der Waals surface area contributed by atoms with Crippen molar-refractivity contribution in [2.75, 3.05) is 13.2 Å². The van der Waals surface area contributed by atoms with Crippen molar-refractivity contribution >= 4 is 22.4 Å². The van der Waals surface area contributed by atoms with E-state index in [4.69, 9.17) is 9.47 Å². The molecule has 0 amide bonds.